The van der Waals surface area contributed by atoms with Crippen molar-refractivity contribution in [3.63, 3.8) is 0 Å². The average molecular weight is 432 g/mol. The molecule has 0 bridgehead atoms. The number of fused-ring (bicyclic) bond motifs is 1. The van der Waals surface area contributed by atoms with Gasteiger partial charge in [-0.05, 0) is 49.8 Å². The highest BCUT2D eigenvalue weighted by Gasteiger charge is 2.26. The lowest BCUT2D eigenvalue weighted by Crippen LogP contribution is -2.27. The predicted octanol–water partition coefficient (Wildman–Crippen LogP) is 2.77. The van der Waals surface area contributed by atoms with Gasteiger partial charge < -0.3 is 25.3 Å². The molecule has 4 rings (SSSR count). The molecule has 0 saturated heterocycles. The molecule has 162 valence electrons. The van der Waals surface area contributed by atoms with Crippen molar-refractivity contribution >= 4 is 40.8 Å². The summed E-state index contributed by atoms with van der Waals surface area (Å²) in [5, 5.41) is 14.8. The summed E-state index contributed by atoms with van der Waals surface area (Å²) >= 11 is 0. The highest BCUT2D eigenvalue weighted by atomic mass is 16.4. The van der Waals surface area contributed by atoms with Crippen molar-refractivity contribution in [1.29, 1.82) is 0 Å². The third-order valence-electron chi connectivity index (χ3n) is 5.41. The Morgan fingerprint density at radius 2 is 1.91 bits per heavy atom. The van der Waals surface area contributed by atoms with Gasteiger partial charge in [0.15, 0.2) is 0 Å². The fourth-order valence-electron chi connectivity index (χ4n) is 3.77. The van der Waals surface area contributed by atoms with E-state index in [1.54, 1.807) is 57.4 Å². The number of pyridine rings is 1. The van der Waals surface area contributed by atoms with Crippen LogP contribution in [0.25, 0.3) is 11.6 Å². The van der Waals surface area contributed by atoms with Crippen LogP contribution in [0.4, 0.5) is 11.4 Å². The number of carboxylic acids is 1. The van der Waals surface area contributed by atoms with Gasteiger partial charge in [-0.3, -0.25) is 14.4 Å². The second-order valence-corrected chi connectivity index (χ2v) is 7.53. The van der Waals surface area contributed by atoms with Crippen molar-refractivity contribution in [2.75, 3.05) is 10.6 Å². The molecule has 0 atom stereocenters. The fraction of sp³-hybridized carbons (Fsp3) is 0.130. The highest BCUT2D eigenvalue weighted by Crippen LogP contribution is 2.35. The van der Waals surface area contributed by atoms with Crippen LogP contribution in [-0.4, -0.2) is 32.4 Å². The first-order chi connectivity index (χ1) is 15.2. The first kappa shape index (κ1) is 20.9. The smallest absolute Gasteiger partial charge is 0.337 e. The molecule has 0 spiro atoms. The first-order valence-corrected chi connectivity index (χ1v) is 9.74. The summed E-state index contributed by atoms with van der Waals surface area (Å²) in [6.45, 7) is 3.34. The SMILES string of the molecule is Cc1[nH]c(C=C2C(=O)Nc3cc(NC(=O)c4cccn(C)c4=O)ccc32)c(C)c1C(=O)O. The number of hydrogen-bond donors (Lipinski definition) is 4. The van der Waals surface area contributed by atoms with Crippen LogP contribution in [0.15, 0.2) is 41.3 Å². The van der Waals surface area contributed by atoms with Crippen LogP contribution in [0.3, 0.4) is 0 Å². The van der Waals surface area contributed by atoms with Crippen LogP contribution < -0.4 is 16.2 Å². The molecule has 1 aliphatic rings. The summed E-state index contributed by atoms with van der Waals surface area (Å²) in [5.74, 6) is -1.93. The lowest BCUT2D eigenvalue weighted by Gasteiger charge is -2.08. The maximum atomic E-state index is 12.6. The molecule has 9 heteroatoms. The molecule has 1 aliphatic heterocycles. The zero-order valence-electron chi connectivity index (χ0n) is 17.6. The topological polar surface area (TPSA) is 133 Å². The van der Waals surface area contributed by atoms with Gasteiger partial charge >= 0.3 is 5.97 Å². The zero-order valence-corrected chi connectivity index (χ0v) is 17.6. The Kier molecular flexibility index (Phi) is 5.01. The van der Waals surface area contributed by atoms with Crippen LogP contribution in [-0.2, 0) is 11.8 Å². The Balaban J connectivity index is 1.65. The number of aryl methyl sites for hydroxylation is 2. The van der Waals surface area contributed by atoms with E-state index in [1.165, 1.54) is 10.6 Å². The minimum absolute atomic E-state index is 0.00643. The summed E-state index contributed by atoms with van der Waals surface area (Å²) in [4.78, 5) is 51.7. The molecule has 4 N–H and O–H groups in total. The number of carboxylic acid groups (broad SMARTS) is 1. The minimum atomic E-state index is -1.04. The number of amides is 2. The zero-order chi connectivity index (χ0) is 23.2. The van der Waals surface area contributed by atoms with E-state index in [0.717, 1.165) is 0 Å². The molecule has 0 aliphatic carbocycles. The van der Waals surface area contributed by atoms with E-state index in [4.69, 9.17) is 0 Å². The number of carbonyl (C=O) groups excluding carboxylic acids is 2. The Bertz CT molecular complexity index is 1390. The van der Waals surface area contributed by atoms with Crippen molar-refractivity contribution in [3.05, 3.63) is 80.5 Å². The van der Waals surface area contributed by atoms with Gasteiger partial charge in [0.05, 0.1) is 16.8 Å². The summed E-state index contributed by atoms with van der Waals surface area (Å²) in [6.07, 6.45) is 3.17. The second kappa shape index (κ2) is 7.69. The summed E-state index contributed by atoms with van der Waals surface area (Å²) in [7, 11) is 1.56. The van der Waals surface area contributed by atoms with Gasteiger partial charge in [-0.1, -0.05) is 6.07 Å². The summed E-state index contributed by atoms with van der Waals surface area (Å²) < 4.78 is 1.31. The number of aromatic amines is 1. The number of benzene rings is 1. The monoisotopic (exact) mass is 432 g/mol. The van der Waals surface area contributed by atoms with Gasteiger partial charge in [-0.25, -0.2) is 4.79 Å². The van der Waals surface area contributed by atoms with Gasteiger partial charge in [0.2, 0.25) is 0 Å². The molecular weight excluding hydrogens is 412 g/mol. The van der Waals surface area contributed by atoms with Crippen molar-refractivity contribution in [2.45, 2.75) is 13.8 Å². The Labute approximate surface area is 182 Å². The average Bonchev–Trinajstić information content (AvgIpc) is 3.18. The number of aromatic nitrogens is 2. The number of anilines is 2. The number of nitrogens with one attached hydrogen (secondary N) is 3. The normalized spacial score (nSPS) is 13.7. The number of hydrogen-bond acceptors (Lipinski definition) is 4. The van der Waals surface area contributed by atoms with Gasteiger partial charge in [0.25, 0.3) is 17.4 Å². The molecule has 0 fully saturated rings. The van der Waals surface area contributed by atoms with Crippen molar-refractivity contribution in [2.24, 2.45) is 7.05 Å². The maximum Gasteiger partial charge on any atom is 0.337 e. The van der Waals surface area contributed by atoms with E-state index in [0.29, 0.717) is 39.5 Å². The lowest BCUT2D eigenvalue weighted by atomic mass is 10.0. The Morgan fingerprint density at radius 3 is 2.59 bits per heavy atom. The molecule has 1 aromatic carbocycles. The number of aromatic carboxylic acids is 1. The van der Waals surface area contributed by atoms with E-state index in [9.17, 15) is 24.3 Å². The molecule has 0 saturated carbocycles. The molecule has 3 aromatic rings. The van der Waals surface area contributed by atoms with Gasteiger partial charge in [-0.15, -0.1) is 0 Å². The molecule has 32 heavy (non-hydrogen) atoms. The number of nitrogens with zero attached hydrogens (tertiary/aromatic N) is 1. The van der Waals surface area contributed by atoms with Crippen LogP contribution in [0.5, 0.6) is 0 Å². The highest BCUT2D eigenvalue weighted by molar-refractivity contribution is 6.35. The molecule has 0 unspecified atom stereocenters. The van der Waals surface area contributed by atoms with Gasteiger partial charge in [-0.2, -0.15) is 0 Å². The largest absolute Gasteiger partial charge is 0.478 e. The van der Waals surface area contributed by atoms with E-state index >= 15 is 0 Å². The van der Waals surface area contributed by atoms with Gasteiger partial charge in [0, 0.05) is 35.9 Å². The number of rotatable bonds is 4. The van der Waals surface area contributed by atoms with Crippen molar-refractivity contribution in [1.82, 2.24) is 9.55 Å². The van der Waals surface area contributed by atoms with Crippen LogP contribution in [0.1, 0.15) is 43.2 Å². The predicted molar refractivity (Wildman–Crippen MR) is 120 cm³/mol. The van der Waals surface area contributed by atoms with E-state index in [2.05, 4.69) is 15.6 Å². The molecule has 2 aromatic heterocycles. The number of carbonyl (C=O) groups is 3. The molecule has 2 amide bonds. The fourth-order valence-corrected chi connectivity index (χ4v) is 3.77. The Hall–Kier alpha value is -4.40. The third kappa shape index (κ3) is 3.49. The standard InChI is InChI=1S/C23H20N4O5/c1-11-17(24-12(2)19(11)23(31)32)10-16-14-7-6-13(9-18(14)26-21(16)29)25-20(28)15-5-4-8-27(3)22(15)30/h4-10,24H,1-3H3,(H,25,28)(H,26,29)(H,31,32). The van der Waals surface area contributed by atoms with Crippen molar-refractivity contribution < 1.29 is 19.5 Å². The summed E-state index contributed by atoms with van der Waals surface area (Å²) in [6, 6.07) is 7.97. The van der Waals surface area contributed by atoms with Gasteiger partial charge in [0.1, 0.15) is 5.56 Å². The second-order valence-electron chi connectivity index (χ2n) is 7.53. The van der Waals surface area contributed by atoms with E-state index < -0.39 is 17.4 Å². The minimum Gasteiger partial charge on any atom is -0.478 e. The molecular formula is C23H20N4O5. The quantitative estimate of drug-likeness (QED) is 0.471. The maximum absolute atomic E-state index is 12.6. The van der Waals surface area contributed by atoms with Crippen LogP contribution >= 0.6 is 0 Å². The third-order valence-corrected chi connectivity index (χ3v) is 5.41. The lowest BCUT2D eigenvalue weighted by molar-refractivity contribution is -0.110. The molecule has 9 nitrogen and oxygen atoms in total. The summed E-state index contributed by atoms with van der Waals surface area (Å²) in [5.41, 5.74) is 3.26. The Morgan fingerprint density at radius 1 is 1.16 bits per heavy atom. The molecule has 3 heterocycles. The van der Waals surface area contributed by atoms with Crippen LogP contribution in [0, 0.1) is 13.8 Å². The van der Waals surface area contributed by atoms with E-state index in [1.807, 2.05) is 0 Å². The van der Waals surface area contributed by atoms with Crippen LogP contribution in [0.2, 0.25) is 0 Å². The first-order valence-electron chi connectivity index (χ1n) is 9.74. The van der Waals surface area contributed by atoms with Crippen molar-refractivity contribution in [3.8, 4) is 0 Å². The number of H-pyrrole nitrogens is 1. The van der Waals surface area contributed by atoms with E-state index in [-0.39, 0.29) is 17.0 Å². The molecule has 0 radical (unpaired) electrons.